The lowest BCUT2D eigenvalue weighted by Crippen LogP contribution is -2.11. The lowest BCUT2D eigenvalue weighted by Gasteiger charge is -2.04. The van der Waals surface area contributed by atoms with E-state index in [2.05, 4.69) is 15.3 Å². The molecule has 0 bridgehead atoms. The Morgan fingerprint density at radius 1 is 1.25 bits per heavy atom. The van der Waals surface area contributed by atoms with E-state index < -0.39 is 0 Å². The number of amides is 1. The molecule has 0 radical (unpaired) electrons. The van der Waals surface area contributed by atoms with Crippen molar-refractivity contribution in [2.75, 3.05) is 5.32 Å². The number of fused-ring (bicyclic) bond motifs is 1. The fraction of sp³-hybridized carbons (Fsp3) is 0. The maximum atomic E-state index is 12.2. The molecule has 5 heteroatoms. The Bertz CT molecular complexity index is 812. The van der Waals surface area contributed by atoms with Crippen molar-refractivity contribution in [1.29, 1.82) is 5.26 Å². The SMILES string of the molecule is N#Cc1ccc(NC(=O)c2c[nH]c3ncccc23)cc1. The summed E-state index contributed by atoms with van der Waals surface area (Å²) in [6, 6.07) is 12.4. The van der Waals surface area contributed by atoms with Crippen LogP contribution in [0.25, 0.3) is 11.0 Å². The van der Waals surface area contributed by atoms with Crippen molar-refractivity contribution in [3.05, 3.63) is 59.9 Å². The second kappa shape index (κ2) is 4.86. The maximum absolute atomic E-state index is 12.2. The van der Waals surface area contributed by atoms with Gasteiger partial charge in [-0.15, -0.1) is 0 Å². The predicted molar refractivity (Wildman–Crippen MR) is 75.2 cm³/mol. The largest absolute Gasteiger partial charge is 0.345 e. The zero-order chi connectivity index (χ0) is 13.9. The van der Waals surface area contributed by atoms with Crippen LogP contribution in [0, 0.1) is 11.3 Å². The van der Waals surface area contributed by atoms with Gasteiger partial charge in [-0.3, -0.25) is 4.79 Å². The first-order valence-electron chi connectivity index (χ1n) is 6.01. The van der Waals surface area contributed by atoms with Gasteiger partial charge >= 0.3 is 0 Å². The number of hydrogen-bond acceptors (Lipinski definition) is 3. The monoisotopic (exact) mass is 262 g/mol. The van der Waals surface area contributed by atoms with E-state index in [-0.39, 0.29) is 5.91 Å². The lowest BCUT2D eigenvalue weighted by atomic mass is 10.2. The highest BCUT2D eigenvalue weighted by molar-refractivity contribution is 6.12. The van der Waals surface area contributed by atoms with Crippen LogP contribution >= 0.6 is 0 Å². The third-order valence-electron chi connectivity index (χ3n) is 2.97. The molecule has 1 aromatic carbocycles. The molecule has 20 heavy (non-hydrogen) atoms. The van der Waals surface area contributed by atoms with E-state index in [0.717, 1.165) is 5.39 Å². The minimum Gasteiger partial charge on any atom is -0.345 e. The first-order chi connectivity index (χ1) is 9.78. The predicted octanol–water partition coefficient (Wildman–Crippen LogP) is 2.69. The van der Waals surface area contributed by atoms with E-state index >= 15 is 0 Å². The van der Waals surface area contributed by atoms with Crippen LogP contribution in [-0.2, 0) is 0 Å². The Labute approximate surface area is 114 Å². The lowest BCUT2D eigenvalue weighted by molar-refractivity contribution is 0.102. The average Bonchev–Trinajstić information content (AvgIpc) is 2.92. The summed E-state index contributed by atoms with van der Waals surface area (Å²) in [5.74, 6) is -0.214. The van der Waals surface area contributed by atoms with E-state index in [1.165, 1.54) is 0 Å². The molecule has 0 fully saturated rings. The Hall–Kier alpha value is -3.13. The number of carbonyl (C=O) groups excluding carboxylic acids is 1. The van der Waals surface area contributed by atoms with Crippen LogP contribution in [-0.4, -0.2) is 15.9 Å². The van der Waals surface area contributed by atoms with Crippen molar-refractivity contribution in [2.24, 2.45) is 0 Å². The summed E-state index contributed by atoms with van der Waals surface area (Å²) < 4.78 is 0. The molecule has 1 amide bonds. The van der Waals surface area contributed by atoms with Crippen molar-refractivity contribution in [3.63, 3.8) is 0 Å². The molecule has 0 atom stereocenters. The number of benzene rings is 1. The molecule has 0 unspecified atom stereocenters. The molecule has 2 N–H and O–H groups in total. The number of nitriles is 1. The zero-order valence-electron chi connectivity index (χ0n) is 10.4. The van der Waals surface area contributed by atoms with Crippen LogP contribution in [0.5, 0.6) is 0 Å². The maximum Gasteiger partial charge on any atom is 0.257 e. The Morgan fingerprint density at radius 2 is 2.05 bits per heavy atom. The van der Waals surface area contributed by atoms with Gasteiger partial charge in [0.15, 0.2) is 0 Å². The fourth-order valence-electron chi connectivity index (χ4n) is 1.97. The summed E-state index contributed by atoms with van der Waals surface area (Å²) in [4.78, 5) is 19.3. The normalized spacial score (nSPS) is 10.2. The molecule has 0 aliphatic carbocycles. The summed E-state index contributed by atoms with van der Waals surface area (Å²) in [5, 5.41) is 12.3. The van der Waals surface area contributed by atoms with E-state index in [4.69, 9.17) is 5.26 Å². The van der Waals surface area contributed by atoms with Crippen molar-refractivity contribution in [3.8, 4) is 6.07 Å². The number of nitrogens with zero attached hydrogens (tertiary/aromatic N) is 2. The topological polar surface area (TPSA) is 81.6 Å². The standard InChI is InChI=1S/C15H10N4O/c16-8-10-3-5-11(6-4-10)19-15(20)13-9-18-14-12(13)2-1-7-17-14/h1-7,9H,(H,17,18)(H,19,20). The highest BCUT2D eigenvalue weighted by Crippen LogP contribution is 2.17. The summed E-state index contributed by atoms with van der Waals surface area (Å²) >= 11 is 0. The highest BCUT2D eigenvalue weighted by Gasteiger charge is 2.12. The number of pyridine rings is 1. The number of carbonyl (C=O) groups is 1. The van der Waals surface area contributed by atoms with Gasteiger partial charge in [-0.25, -0.2) is 4.98 Å². The van der Waals surface area contributed by atoms with Crippen LogP contribution in [0.1, 0.15) is 15.9 Å². The van der Waals surface area contributed by atoms with Gasteiger partial charge in [0, 0.05) is 23.5 Å². The van der Waals surface area contributed by atoms with Gasteiger partial charge in [-0.1, -0.05) is 0 Å². The van der Waals surface area contributed by atoms with Crippen molar-refractivity contribution in [2.45, 2.75) is 0 Å². The third kappa shape index (κ3) is 2.10. The van der Waals surface area contributed by atoms with Crippen LogP contribution < -0.4 is 5.32 Å². The number of aromatic nitrogens is 2. The summed E-state index contributed by atoms with van der Waals surface area (Å²) in [5.41, 5.74) is 2.42. The molecule has 2 heterocycles. The third-order valence-corrected chi connectivity index (χ3v) is 2.97. The molecule has 3 aromatic rings. The molecular weight excluding hydrogens is 252 g/mol. The Morgan fingerprint density at radius 3 is 2.80 bits per heavy atom. The number of aromatic amines is 1. The number of H-pyrrole nitrogens is 1. The Kier molecular flexibility index (Phi) is 2.90. The van der Waals surface area contributed by atoms with E-state index in [9.17, 15) is 4.79 Å². The minimum absolute atomic E-state index is 0.214. The van der Waals surface area contributed by atoms with E-state index in [1.807, 2.05) is 12.1 Å². The highest BCUT2D eigenvalue weighted by atomic mass is 16.1. The molecule has 2 aromatic heterocycles. The van der Waals surface area contributed by atoms with Gasteiger partial charge < -0.3 is 10.3 Å². The molecule has 0 aliphatic heterocycles. The van der Waals surface area contributed by atoms with Crippen molar-refractivity contribution in [1.82, 2.24) is 9.97 Å². The smallest absolute Gasteiger partial charge is 0.257 e. The van der Waals surface area contributed by atoms with Gasteiger partial charge in [-0.2, -0.15) is 5.26 Å². The quantitative estimate of drug-likeness (QED) is 0.745. The van der Waals surface area contributed by atoms with Gasteiger partial charge in [-0.05, 0) is 36.4 Å². The van der Waals surface area contributed by atoms with Crippen molar-refractivity contribution >= 4 is 22.6 Å². The van der Waals surface area contributed by atoms with Crippen molar-refractivity contribution < 1.29 is 4.79 Å². The van der Waals surface area contributed by atoms with Crippen LogP contribution in [0.3, 0.4) is 0 Å². The van der Waals surface area contributed by atoms with E-state index in [1.54, 1.807) is 42.7 Å². The first-order valence-corrected chi connectivity index (χ1v) is 6.01. The zero-order valence-corrected chi connectivity index (χ0v) is 10.4. The average molecular weight is 262 g/mol. The number of rotatable bonds is 2. The molecule has 0 saturated carbocycles. The summed E-state index contributed by atoms with van der Waals surface area (Å²) in [6.45, 7) is 0. The molecule has 5 nitrogen and oxygen atoms in total. The van der Waals surface area contributed by atoms with E-state index in [0.29, 0.717) is 22.5 Å². The van der Waals surface area contributed by atoms with Gasteiger partial charge in [0.05, 0.1) is 17.2 Å². The van der Waals surface area contributed by atoms with Crippen LogP contribution in [0.2, 0.25) is 0 Å². The van der Waals surface area contributed by atoms with Gasteiger partial charge in [0.2, 0.25) is 0 Å². The minimum atomic E-state index is -0.214. The summed E-state index contributed by atoms with van der Waals surface area (Å²) in [6.07, 6.45) is 3.30. The fourth-order valence-corrected chi connectivity index (χ4v) is 1.97. The molecule has 96 valence electrons. The molecule has 3 rings (SSSR count). The number of hydrogen-bond donors (Lipinski definition) is 2. The van der Waals surface area contributed by atoms with Crippen LogP contribution in [0.4, 0.5) is 5.69 Å². The summed E-state index contributed by atoms with van der Waals surface area (Å²) in [7, 11) is 0. The van der Waals surface area contributed by atoms with Crippen LogP contribution in [0.15, 0.2) is 48.8 Å². The van der Waals surface area contributed by atoms with Gasteiger partial charge in [0.25, 0.3) is 5.91 Å². The molecule has 0 saturated heterocycles. The molecular formula is C15H10N4O. The second-order valence-corrected chi connectivity index (χ2v) is 4.25. The number of anilines is 1. The Balaban J connectivity index is 1.87. The second-order valence-electron chi connectivity index (χ2n) is 4.25. The first kappa shape index (κ1) is 11.9. The number of nitrogens with one attached hydrogen (secondary N) is 2. The van der Waals surface area contributed by atoms with Gasteiger partial charge in [0.1, 0.15) is 5.65 Å². The molecule has 0 aliphatic rings. The molecule has 0 spiro atoms.